The van der Waals surface area contributed by atoms with Crippen LogP contribution < -0.4 is 0 Å². The van der Waals surface area contributed by atoms with E-state index in [2.05, 4.69) is 34.6 Å². The van der Waals surface area contributed by atoms with E-state index in [4.69, 9.17) is 4.74 Å². The Bertz CT molecular complexity index is 307. The minimum atomic E-state index is -0.127. The van der Waals surface area contributed by atoms with Crippen molar-refractivity contribution < 1.29 is 9.53 Å². The first-order valence-electron chi connectivity index (χ1n) is 8.78. The summed E-state index contributed by atoms with van der Waals surface area (Å²) >= 11 is 0. The largest absolute Gasteiger partial charge is 0.449 e. The van der Waals surface area contributed by atoms with Crippen molar-refractivity contribution in [3.63, 3.8) is 0 Å². The smallest absolute Gasteiger partial charge is 0.410 e. The molecule has 0 atom stereocenters. The van der Waals surface area contributed by atoms with E-state index >= 15 is 0 Å². The van der Waals surface area contributed by atoms with Crippen molar-refractivity contribution in [1.82, 2.24) is 4.90 Å². The molecule has 0 bridgehead atoms. The van der Waals surface area contributed by atoms with Crippen LogP contribution in [0.2, 0.25) is 0 Å². The number of unbranched alkanes of at least 4 members (excludes halogenated alkanes) is 5. The molecule has 0 saturated carbocycles. The zero-order valence-electron chi connectivity index (χ0n) is 14.8. The molecule has 1 rings (SSSR count). The Morgan fingerprint density at radius 1 is 0.952 bits per heavy atom. The van der Waals surface area contributed by atoms with Crippen molar-refractivity contribution in [1.29, 1.82) is 0 Å². The van der Waals surface area contributed by atoms with Crippen LogP contribution in [0, 0.1) is 0 Å². The quantitative estimate of drug-likeness (QED) is 0.578. The van der Waals surface area contributed by atoms with Gasteiger partial charge in [0.05, 0.1) is 6.61 Å². The Kier molecular flexibility index (Phi) is 7.02. The number of carbonyl (C=O) groups excluding carboxylic acids is 1. The van der Waals surface area contributed by atoms with Crippen LogP contribution in [0.3, 0.4) is 0 Å². The molecule has 0 aromatic carbocycles. The van der Waals surface area contributed by atoms with Gasteiger partial charge in [-0.05, 0) is 53.4 Å². The summed E-state index contributed by atoms with van der Waals surface area (Å²) in [5.41, 5.74) is -0.195. The molecule has 1 fully saturated rings. The lowest BCUT2D eigenvalue weighted by Gasteiger charge is -2.51. The third-order valence-electron chi connectivity index (χ3n) is 4.69. The highest BCUT2D eigenvalue weighted by molar-refractivity contribution is 5.70. The van der Waals surface area contributed by atoms with Crippen LogP contribution in [0.4, 0.5) is 4.79 Å². The average molecular weight is 297 g/mol. The third-order valence-corrected chi connectivity index (χ3v) is 4.69. The molecular formula is C18H35NO2. The summed E-state index contributed by atoms with van der Waals surface area (Å²) in [6, 6.07) is 0. The number of rotatable bonds is 7. The molecule has 0 aromatic rings. The van der Waals surface area contributed by atoms with E-state index in [-0.39, 0.29) is 17.2 Å². The number of ether oxygens (including phenoxy) is 1. The maximum atomic E-state index is 12.5. The molecule has 3 heteroatoms. The van der Waals surface area contributed by atoms with Gasteiger partial charge in [0.2, 0.25) is 0 Å². The summed E-state index contributed by atoms with van der Waals surface area (Å²) in [4.78, 5) is 14.4. The van der Waals surface area contributed by atoms with Crippen LogP contribution >= 0.6 is 0 Å². The summed E-state index contributed by atoms with van der Waals surface area (Å²) < 4.78 is 5.55. The fraction of sp³-hybridized carbons (Fsp3) is 0.944. The molecule has 1 aliphatic rings. The van der Waals surface area contributed by atoms with E-state index in [0.717, 1.165) is 19.3 Å². The van der Waals surface area contributed by atoms with Crippen LogP contribution in [-0.4, -0.2) is 28.7 Å². The molecule has 0 radical (unpaired) electrons. The lowest BCUT2D eigenvalue weighted by atomic mass is 9.80. The first-order chi connectivity index (χ1) is 9.81. The zero-order valence-corrected chi connectivity index (χ0v) is 14.8. The maximum Gasteiger partial charge on any atom is 0.410 e. The second kappa shape index (κ2) is 8.05. The SMILES string of the molecule is CCCCCCCCOC(=O)N1C(C)(C)CCCC1(C)C. The Morgan fingerprint density at radius 3 is 2.05 bits per heavy atom. The van der Waals surface area contributed by atoms with E-state index in [9.17, 15) is 4.79 Å². The van der Waals surface area contributed by atoms with E-state index < -0.39 is 0 Å². The molecule has 0 unspecified atom stereocenters. The monoisotopic (exact) mass is 297 g/mol. The van der Waals surface area contributed by atoms with Gasteiger partial charge in [-0.2, -0.15) is 0 Å². The Hall–Kier alpha value is -0.730. The molecule has 0 N–H and O–H groups in total. The molecule has 0 aliphatic carbocycles. The van der Waals surface area contributed by atoms with Gasteiger partial charge in [0.1, 0.15) is 0 Å². The highest BCUT2D eigenvalue weighted by atomic mass is 16.6. The minimum Gasteiger partial charge on any atom is -0.449 e. The van der Waals surface area contributed by atoms with Crippen molar-refractivity contribution in [3.05, 3.63) is 0 Å². The lowest BCUT2D eigenvalue weighted by molar-refractivity contribution is -0.0238. The minimum absolute atomic E-state index is 0.0973. The van der Waals surface area contributed by atoms with Crippen molar-refractivity contribution in [2.24, 2.45) is 0 Å². The molecule has 1 heterocycles. The van der Waals surface area contributed by atoms with Gasteiger partial charge in [0, 0.05) is 11.1 Å². The predicted octanol–water partition coefficient (Wildman–Crippen LogP) is 5.53. The fourth-order valence-electron chi connectivity index (χ4n) is 3.60. The van der Waals surface area contributed by atoms with Crippen LogP contribution in [0.5, 0.6) is 0 Å². The molecule has 0 spiro atoms. The van der Waals surface area contributed by atoms with Crippen LogP contribution in [0.1, 0.15) is 92.4 Å². The Labute approximate surface area is 131 Å². The highest BCUT2D eigenvalue weighted by Crippen LogP contribution is 2.38. The van der Waals surface area contributed by atoms with Crippen LogP contribution in [0.25, 0.3) is 0 Å². The van der Waals surface area contributed by atoms with Gasteiger partial charge in [0.25, 0.3) is 0 Å². The fourth-order valence-corrected chi connectivity index (χ4v) is 3.60. The second-order valence-electron chi connectivity index (χ2n) is 7.70. The number of piperidine rings is 1. The Morgan fingerprint density at radius 2 is 1.48 bits per heavy atom. The van der Waals surface area contributed by atoms with E-state index in [1.54, 1.807) is 0 Å². The summed E-state index contributed by atoms with van der Waals surface area (Å²) in [5.74, 6) is 0. The lowest BCUT2D eigenvalue weighted by Crippen LogP contribution is -2.61. The van der Waals surface area contributed by atoms with Gasteiger partial charge in [-0.1, -0.05) is 39.0 Å². The maximum absolute atomic E-state index is 12.5. The molecule has 1 amide bonds. The van der Waals surface area contributed by atoms with Gasteiger partial charge in [-0.15, -0.1) is 0 Å². The number of amides is 1. The molecule has 1 aliphatic heterocycles. The standard InChI is InChI=1S/C18H35NO2/c1-6-7-8-9-10-11-15-21-16(20)19-17(2,3)13-12-14-18(19,4)5/h6-15H2,1-5H3. The summed E-state index contributed by atoms with van der Waals surface area (Å²) in [6.07, 6.45) is 10.5. The zero-order chi connectivity index (χ0) is 15.9. The van der Waals surface area contributed by atoms with E-state index in [1.807, 2.05) is 4.90 Å². The van der Waals surface area contributed by atoms with Crippen molar-refractivity contribution in [3.8, 4) is 0 Å². The third kappa shape index (κ3) is 5.52. The van der Waals surface area contributed by atoms with Crippen LogP contribution in [-0.2, 0) is 4.74 Å². The Balaban J connectivity index is 2.36. The molecule has 3 nitrogen and oxygen atoms in total. The molecule has 21 heavy (non-hydrogen) atoms. The van der Waals surface area contributed by atoms with E-state index in [0.29, 0.717) is 6.61 Å². The van der Waals surface area contributed by atoms with Gasteiger partial charge >= 0.3 is 6.09 Å². The number of hydrogen-bond acceptors (Lipinski definition) is 2. The van der Waals surface area contributed by atoms with Gasteiger partial charge in [-0.3, -0.25) is 4.90 Å². The average Bonchev–Trinajstić information content (AvgIpc) is 2.35. The molecule has 0 aromatic heterocycles. The molecular weight excluding hydrogens is 262 g/mol. The first-order valence-corrected chi connectivity index (χ1v) is 8.78. The summed E-state index contributed by atoms with van der Waals surface area (Å²) in [5, 5.41) is 0. The van der Waals surface area contributed by atoms with Crippen molar-refractivity contribution >= 4 is 6.09 Å². The second-order valence-corrected chi connectivity index (χ2v) is 7.70. The predicted molar refractivity (Wildman–Crippen MR) is 88.6 cm³/mol. The normalized spacial score (nSPS) is 20.3. The molecule has 1 saturated heterocycles. The summed E-state index contributed by atoms with van der Waals surface area (Å²) in [6.45, 7) is 11.4. The summed E-state index contributed by atoms with van der Waals surface area (Å²) in [7, 11) is 0. The first kappa shape index (κ1) is 18.3. The van der Waals surface area contributed by atoms with E-state index in [1.165, 1.54) is 38.5 Å². The number of hydrogen-bond donors (Lipinski definition) is 0. The van der Waals surface area contributed by atoms with Crippen LogP contribution in [0.15, 0.2) is 0 Å². The van der Waals surface area contributed by atoms with Crippen molar-refractivity contribution in [2.75, 3.05) is 6.61 Å². The van der Waals surface area contributed by atoms with Gasteiger partial charge in [0.15, 0.2) is 0 Å². The highest BCUT2D eigenvalue weighted by Gasteiger charge is 2.45. The number of carbonyl (C=O) groups is 1. The van der Waals surface area contributed by atoms with Gasteiger partial charge < -0.3 is 4.74 Å². The topological polar surface area (TPSA) is 29.5 Å². The number of likely N-dealkylation sites (tertiary alicyclic amines) is 1. The van der Waals surface area contributed by atoms with Gasteiger partial charge in [-0.25, -0.2) is 4.79 Å². The van der Waals surface area contributed by atoms with Crippen molar-refractivity contribution in [2.45, 2.75) is 103 Å². The molecule has 124 valence electrons. The number of nitrogens with zero attached hydrogens (tertiary/aromatic N) is 1.